The van der Waals surface area contributed by atoms with Gasteiger partial charge in [-0.15, -0.1) is 11.3 Å². The Hall–Kier alpha value is -4.86. The van der Waals surface area contributed by atoms with Crippen LogP contribution in [0.1, 0.15) is 58.9 Å². The van der Waals surface area contributed by atoms with Crippen molar-refractivity contribution in [3.8, 4) is 5.69 Å². The molecular weight excluding hydrogens is 684 g/mol. The molecule has 0 unspecified atom stereocenters. The minimum atomic E-state index is -4.72. The first-order valence-corrected chi connectivity index (χ1v) is 17.3. The Morgan fingerprint density at radius 3 is 2.47 bits per heavy atom. The number of para-hydroxylation sites is 1. The molecule has 2 aliphatic rings. The highest BCUT2D eigenvalue weighted by Gasteiger charge is 2.45. The smallest absolute Gasteiger partial charge is 0.378 e. The first-order chi connectivity index (χ1) is 24.2. The number of alkyl halides is 3. The van der Waals surface area contributed by atoms with Gasteiger partial charge in [-0.3, -0.25) is 24.2 Å². The molecule has 0 aliphatic carbocycles. The first-order valence-electron chi connectivity index (χ1n) is 16.4. The van der Waals surface area contributed by atoms with E-state index in [1.807, 2.05) is 63.4 Å². The molecule has 2 N–H and O–H groups in total. The first kappa shape index (κ1) is 35.9. The predicted octanol–water partition coefficient (Wildman–Crippen LogP) is 4.93. The summed E-state index contributed by atoms with van der Waals surface area (Å²) >= 11 is 0.305. The molecule has 1 fully saturated rings. The summed E-state index contributed by atoms with van der Waals surface area (Å²) in [5.41, 5.74) is 2.00. The van der Waals surface area contributed by atoms with E-state index in [9.17, 15) is 27.6 Å². The van der Waals surface area contributed by atoms with E-state index in [4.69, 9.17) is 4.74 Å². The number of nitrogens with one attached hydrogen (secondary N) is 2. The zero-order valence-corrected chi connectivity index (χ0v) is 29.3. The third kappa shape index (κ3) is 6.93. The molecule has 4 aromatic rings. The Kier molecular flexibility index (Phi) is 9.90. The lowest BCUT2D eigenvalue weighted by Crippen LogP contribution is -2.57. The van der Waals surface area contributed by atoms with E-state index in [1.54, 1.807) is 29.9 Å². The van der Waals surface area contributed by atoms with Crippen LogP contribution in [0.3, 0.4) is 0 Å². The number of rotatable bonds is 11. The molecule has 2 atom stereocenters. The molecule has 4 heterocycles. The summed E-state index contributed by atoms with van der Waals surface area (Å²) in [4.78, 5) is 48.1. The standard InChI is InChI=1S/C36H38F3N7O4S/c1-6-45-32-26(17-41-46(32)24-13-8-7-9-14-24)28(29(33(45)49)43-31(48)27-20-51-34(42-27)36(37,38)39)23-12-10-11-22(15-23)16-40-30(47)21(2)35(3,4)44(5)25-18-50-19-25/h7-15,17,20,25,28-29H,2,6,16,18-19H2,1,3-5H3,(H,40,47)(H,43,48)/t28-,29+/m1/s1. The topological polar surface area (TPSA) is 122 Å². The lowest BCUT2D eigenvalue weighted by atomic mass is 9.82. The van der Waals surface area contributed by atoms with Crippen LogP contribution in [-0.2, 0) is 27.0 Å². The molecule has 0 saturated carbocycles. The maximum atomic E-state index is 14.3. The summed E-state index contributed by atoms with van der Waals surface area (Å²) in [6.07, 6.45) is -3.08. The fourth-order valence-electron chi connectivity index (χ4n) is 6.32. The minimum Gasteiger partial charge on any atom is -0.378 e. The van der Waals surface area contributed by atoms with E-state index in [0.717, 1.165) is 5.38 Å². The van der Waals surface area contributed by atoms with Gasteiger partial charge >= 0.3 is 6.18 Å². The van der Waals surface area contributed by atoms with Crippen molar-refractivity contribution >= 4 is 34.9 Å². The number of fused-ring (bicyclic) bond motifs is 1. The number of amides is 3. The van der Waals surface area contributed by atoms with Crippen LogP contribution in [0.15, 0.2) is 78.3 Å². The Labute approximate surface area is 297 Å². The fraction of sp³-hybridized carbons (Fsp3) is 0.361. The molecule has 1 saturated heterocycles. The Morgan fingerprint density at radius 2 is 1.84 bits per heavy atom. The molecule has 0 radical (unpaired) electrons. The second-order valence-electron chi connectivity index (χ2n) is 13.0. The molecule has 15 heteroatoms. The van der Waals surface area contributed by atoms with Crippen molar-refractivity contribution in [2.45, 2.75) is 57.0 Å². The maximum Gasteiger partial charge on any atom is 0.443 e. The SMILES string of the molecule is C=C(C(=O)NCc1cccc([C@@H]2c3cnn(-c4ccccc4)c3N(CC)C(=O)[C@H]2NC(=O)c2csc(C(F)(F)F)n2)c1)C(C)(C)N(C)C1COC1. The van der Waals surface area contributed by atoms with Crippen LogP contribution >= 0.6 is 11.3 Å². The highest BCUT2D eigenvalue weighted by molar-refractivity contribution is 7.10. The number of hydrogen-bond donors (Lipinski definition) is 2. The predicted molar refractivity (Wildman–Crippen MR) is 186 cm³/mol. The number of hydrogen-bond acceptors (Lipinski definition) is 8. The van der Waals surface area contributed by atoms with E-state index in [-0.39, 0.29) is 25.0 Å². The van der Waals surface area contributed by atoms with E-state index in [0.29, 0.717) is 58.3 Å². The number of benzene rings is 2. The van der Waals surface area contributed by atoms with E-state index in [2.05, 4.69) is 32.2 Å². The molecule has 11 nitrogen and oxygen atoms in total. The minimum absolute atomic E-state index is 0.145. The summed E-state index contributed by atoms with van der Waals surface area (Å²) in [6, 6.07) is 15.5. The number of aromatic nitrogens is 3. The second-order valence-corrected chi connectivity index (χ2v) is 13.8. The zero-order valence-electron chi connectivity index (χ0n) is 28.5. The van der Waals surface area contributed by atoms with Crippen molar-refractivity contribution in [1.82, 2.24) is 30.3 Å². The molecule has 2 aromatic carbocycles. The number of anilines is 1. The van der Waals surface area contributed by atoms with Crippen molar-refractivity contribution in [3.63, 3.8) is 0 Å². The van der Waals surface area contributed by atoms with Crippen LogP contribution in [0, 0.1) is 0 Å². The van der Waals surface area contributed by atoms with E-state index < -0.39 is 46.2 Å². The second kappa shape index (κ2) is 14.0. The Bertz CT molecular complexity index is 1950. The van der Waals surface area contributed by atoms with Gasteiger partial charge in [-0.25, -0.2) is 9.67 Å². The maximum absolute atomic E-state index is 14.3. The lowest BCUT2D eigenvalue weighted by Gasteiger charge is -2.45. The highest BCUT2D eigenvalue weighted by atomic mass is 32.1. The molecule has 2 aliphatic heterocycles. The number of nitrogens with zero attached hydrogens (tertiary/aromatic N) is 5. The molecule has 0 bridgehead atoms. The molecule has 268 valence electrons. The monoisotopic (exact) mass is 721 g/mol. The third-order valence-electron chi connectivity index (χ3n) is 9.64. The molecule has 51 heavy (non-hydrogen) atoms. The Morgan fingerprint density at radius 1 is 1.12 bits per heavy atom. The van der Waals surface area contributed by atoms with Gasteiger partial charge in [0.15, 0.2) is 5.01 Å². The average Bonchev–Trinajstić information content (AvgIpc) is 3.76. The number of likely N-dealkylation sites (N-methyl/N-ethyl adjacent to an activating group) is 2. The van der Waals surface area contributed by atoms with Gasteiger partial charge in [0.1, 0.15) is 17.6 Å². The highest BCUT2D eigenvalue weighted by Crippen LogP contribution is 2.42. The molecule has 2 aromatic heterocycles. The van der Waals surface area contributed by atoms with Crippen molar-refractivity contribution in [1.29, 1.82) is 0 Å². The van der Waals surface area contributed by atoms with Crippen LogP contribution in [-0.4, -0.2) is 81.8 Å². The van der Waals surface area contributed by atoms with Gasteiger partial charge in [0.2, 0.25) is 5.91 Å². The molecule has 3 amide bonds. The van der Waals surface area contributed by atoms with Crippen LogP contribution < -0.4 is 15.5 Å². The van der Waals surface area contributed by atoms with Crippen molar-refractivity contribution in [2.24, 2.45) is 0 Å². The van der Waals surface area contributed by atoms with Crippen molar-refractivity contribution < 1.29 is 32.3 Å². The Balaban J connectivity index is 1.33. The van der Waals surface area contributed by atoms with Gasteiger partial charge in [-0.2, -0.15) is 18.3 Å². The molecular formula is C36H38F3N7O4S. The number of thiazole rings is 1. The normalized spacial score (nSPS) is 18.0. The van der Waals surface area contributed by atoms with Gasteiger partial charge in [0, 0.05) is 41.1 Å². The quantitative estimate of drug-likeness (QED) is 0.211. The van der Waals surface area contributed by atoms with Crippen LogP contribution in [0.5, 0.6) is 0 Å². The summed E-state index contributed by atoms with van der Waals surface area (Å²) in [5.74, 6) is -1.98. The summed E-state index contributed by atoms with van der Waals surface area (Å²) in [6.45, 7) is 11.3. The van der Waals surface area contributed by atoms with Gasteiger partial charge < -0.3 is 15.4 Å². The van der Waals surface area contributed by atoms with Gasteiger partial charge in [0.25, 0.3) is 11.8 Å². The number of carbonyl (C=O) groups is 3. The van der Waals surface area contributed by atoms with E-state index in [1.165, 1.54) is 4.90 Å². The van der Waals surface area contributed by atoms with Gasteiger partial charge in [-0.1, -0.05) is 49.0 Å². The van der Waals surface area contributed by atoms with Gasteiger partial charge in [-0.05, 0) is 51.1 Å². The summed E-state index contributed by atoms with van der Waals surface area (Å²) in [5, 5.41) is 10.1. The van der Waals surface area contributed by atoms with Gasteiger partial charge in [0.05, 0.1) is 31.1 Å². The lowest BCUT2D eigenvalue weighted by molar-refractivity contribution is -0.137. The van der Waals surface area contributed by atoms with Crippen molar-refractivity contribution in [2.75, 3.05) is 31.7 Å². The number of halogens is 3. The zero-order chi connectivity index (χ0) is 36.7. The van der Waals surface area contributed by atoms with Crippen LogP contribution in [0.25, 0.3) is 5.69 Å². The van der Waals surface area contributed by atoms with Crippen LogP contribution in [0.2, 0.25) is 0 Å². The van der Waals surface area contributed by atoms with E-state index >= 15 is 0 Å². The van der Waals surface area contributed by atoms with Crippen molar-refractivity contribution in [3.05, 3.63) is 106 Å². The largest absolute Gasteiger partial charge is 0.443 e. The number of ether oxygens (including phenoxy) is 1. The summed E-state index contributed by atoms with van der Waals surface area (Å²) < 4.78 is 46.9. The molecule has 0 spiro atoms. The molecule has 6 rings (SSSR count). The average molecular weight is 722 g/mol. The third-order valence-corrected chi connectivity index (χ3v) is 10.5. The van der Waals surface area contributed by atoms with Crippen LogP contribution in [0.4, 0.5) is 19.0 Å². The summed E-state index contributed by atoms with van der Waals surface area (Å²) in [7, 11) is 1.94. The fourth-order valence-corrected chi connectivity index (χ4v) is 6.99. The number of carbonyl (C=O) groups excluding carboxylic acids is 3.